The van der Waals surface area contributed by atoms with Crippen molar-refractivity contribution in [1.29, 1.82) is 0 Å². The molecule has 0 unspecified atom stereocenters. The van der Waals surface area contributed by atoms with Crippen LogP contribution in [0.3, 0.4) is 0 Å². The number of hydrogen-bond acceptors (Lipinski definition) is 4. The van der Waals surface area contributed by atoms with E-state index < -0.39 is 0 Å². The van der Waals surface area contributed by atoms with Gasteiger partial charge in [-0.3, -0.25) is 4.79 Å². The predicted molar refractivity (Wildman–Crippen MR) is 70.6 cm³/mol. The topological polar surface area (TPSA) is 59.8 Å². The van der Waals surface area contributed by atoms with Crippen LogP contribution in [0.2, 0.25) is 0 Å². The summed E-state index contributed by atoms with van der Waals surface area (Å²) in [6.45, 7) is 3.15. The normalized spacial score (nSPS) is 10.3. The molecule has 2 aromatic rings. The zero-order valence-electron chi connectivity index (χ0n) is 10.00. The zero-order valence-corrected chi connectivity index (χ0v) is 10.9. The van der Waals surface area contributed by atoms with Crippen LogP contribution in [-0.4, -0.2) is 20.7 Å². The van der Waals surface area contributed by atoms with E-state index in [9.17, 15) is 4.79 Å². The van der Waals surface area contributed by atoms with E-state index in [1.165, 1.54) is 0 Å². The fourth-order valence-corrected chi connectivity index (χ4v) is 1.70. The lowest BCUT2D eigenvalue weighted by molar-refractivity contribution is 0.0949. The highest BCUT2D eigenvalue weighted by Crippen LogP contribution is 2.07. The van der Waals surface area contributed by atoms with Gasteiger partial charge < -0.3 is 9.88 Å². The van der Waals surface area contributed by atoms with Crippen molar-refractivity contribution in [3.05, 3.63) is 42.0 Å². The van der Waals surface area contributed by atoms with Crippen molar-refractivity contribution in [2.45, 2.75) is 24.9 Å². The Balaban J connectivity index is 1.98. The standard InChI is InChI=1S/C12H14N4OS/c1-2-16-8-14-15-11(16)7-13-12(17)9-3-5-10(18)6-4-9/h3-6,8,18H,2,7H2,1H3,(H,13,17). The molecule has 0 saturated carbocycles. The third-order valence-electron chi connectivity index (χ3n) is 2.57. The van der Waals surface area contributed by atoms with Crippen molar-refractivity contribution < 1.29 is 4.79 Å². The second kappa shape index (κ2) is 5.68. The van der Waals surface area contributed by atoms with Gasteiger partial charge in [0.1, 0.15) is 6.33 Å². The molecule has 1 heterocycles. The second-order valence-electron chi connectivity index (χ2n) is 3.76. The van der Waals surface area contributed by atoms with Gasteiger partial charge in [0.25, 0.3) is 5.91 Å². The van der Waals surface area contributed by atoms with Crippen LogP contribution in [0.25, 0.3) is 0 Å². The molecule has 0 aliphatic heterocycles. The summed E-state index contributed by atoms with van der Waals surface area (Å²) in [5.74, 6) is 0.616. The lowest BCUT2D eigenvalue weighted by atomic mass is 10.2. The molecular weight excluding hydrogens is 248 g/mol. The molecule has 0 atom stereocenters. The van der Waals surface area contributed by atoms with Crippen LogP contribution in [0.5, 0.6) is 0 Å². The molecule has 0 aliphatic carbocycles. The Morgan fingerprint density at radius 1 is 1.39 bits per heavy atom. The van der Waals surface area contributed by atoms with E-state index in [2.05, 4.69) is 28.1 Å². The molecule has 94 valence electrons. The van der Waals surface area contributed by atoms with Gasteiger partial charge in [0.2, 0.25) is 0 Å². The summed E-state index contributed by atoms with van der Waals surface area (Å²) in [6.07, 6.45) is 1.65. The molecule has 0 fully saturated rings. The van der Waals surface area contributed by atoms with E-state index in [-0.39, 0.29) is 5.91 Å². The highest BCUT2D eigenvalue weighted by Gasteiger charge is 2.07. The number of benzene rings is 1. The van der Waals surface area contributed by atoms with Crippen molar-refractivity contribution in [2.75, 3.05) is 0 Å². The van der Waals surface area contributed by atoms with Crippen LogP contribution >= 0.6 is 12.6 Å². The highest BCUT2D eigenvalue weighted by molar-refractivity contribution is 7.80. The Morgan fingerprint density at radius 2 is 2.11 bits per heavy atom. The van der Waals surface area contributed by atoms with Crippen molar-refractivity contribution in [2.24, 2.45) is 0 Å². The van der Waals surface area contributed by atoms with Gasteiger partial charge in [-0.15, -0.1) is 22.8 Å². The van der Waals surface area contributed by atoms with E-state index in [0.29, 0.717) is 12.1 Å². The zero-order chi connectivity index (χ0) is 13.0. The van der Waals surface area contributed by atoms with Gasteiger partial charge in [0.05, 0.1) is 6.54 Å². The van der Waals surface area contributed by atoms with Gasteiger partial charge in [0.15, 0.2) is 5.82 Å². The highest BCUT2D eigenvalue weighted by atomic mass is 32.1. The lowest BCUT2D eigenvalue weighted by Gasteiger charge is -2.06. The SMILES string of the molecule is CCn1cnnc1CNC(=O)c1ccc(S)cc1. The second-order valence-corrected chi connectivity index (χ2v) is 4.28. The molecule has 0 bridgehead atoms. The van der Waals surface area contributed by atoms with Crippen molar-refractivity contribution in [1.82, 2.24) is 20.1 Å². The minimum atomic E-state index is -0.131. The number of nitrogens with one attached hydrogen (secondary N) is 1. The van der Waals surface area contributed by atoms with Crippen LogP contribution in [-0.2, 0) is 13.1 Å². The summed E-state index contributed by atoms with van der Waals surface area (Å²) in [5.41, 5.74) is 0.607. The number of amides is 1. The summed E-state index contributed by atoms with van der Waals surface area (Å²) >= 11 is 4.17. The van der Waals surface area contributed by atoms with Gasteiger partial charge in [-0.2, -0.15) is 0 Å². The van der Waals surface area contributed by atoms with Gasteiger partial charge >= 0.3 is 0 Å². The minimum absolute atomic E-state index is 0.131. The maximum atomic E-state index is 11.9. The number of aromatic nitrogens is 3. The summed E-state index contributed by atoms with van der Waals surface area (Å²) < 4.78 is 1.89. The number of hydrogen-bond donors (Lipinski definition) is 2. The molecular formula is C12H14N4OS. The number of carbonyl (C=O) groups excluding carboxylic acids is 1. The molecule has 0 aliphatic rings. The Bertz CT molecular complexity index is 535. The van der Waals surface area contributed by atoms with Crippen molar-refractivity contribution in [3.63, 3.8) is 0 Å². The first kappa shape index (κ1) is 12.6. The third-order valence-corrected chi connectivity index (χ3v) is 2.87. The van der Waals surface area contributed by atoms with Crippen molar-refractivity contribution in [3.8, 4) is 0 Å². The van der Waals surface area contributed by atoms with E-state index >= 15 is 0 Å². The van der Waals surface area contributed by atoms with Crippen LogP contribution in [0.1, 0.15) is 23.1 Å². The number of thiol groups is 1. The fraction of sp³-hybridized carbons (Fsp3) is 0.250. The number of rotatable bonds is 4. The quantitative estimate of drug-likeness (QED) is 0.821. The smallest absolute Gasteiger partial charge is 0.251 e. The number of aryl methyl sites for hydroxylation is 1. The Hall–Kier alpha value is -1.82. The number of carbonyl (C=O) groups is 1. The molecule has 2 rings (SSSR count). The third kappa shape index (κ3) is 2.89. The average Bonchev–Trinajstić information content (AvgIpc) is 2.84. The van der Waals surface area contributed by atoms with Crippen LogP contribution in [0.4, 0.5) is 0 Å². The van der Waals surface area contributed by atoms with Gasteiger partial charge in [-0.1, -0.05) is 0 Å². The first-order chi connectivity index (χ1) is 8.70. The Labute approximate surface area is 111 Å². The largest absolute Gasteiger partial charge is 0.345 e. The first-order valence-electron chi connectivity index (χ1n) is 5.64. The van der Waals surface area contributed by atoms with Crippen LogP contribution in [0.15, 0.2) is 35.5 Å². The van der Waals surface area contributed by atoms with E-state index in [1.54, 1.807) is 30.6 Å². The fourth-order valence-electron chi connectivity index (χ4n) is 1.55. The molecule has 1 aromatic carbocycles. The van der Waals surface area contributed by atoms with E-state index in [1.807, 2.05) is 11.5 Å². The Kier molecular flexibility index (Phi) is 3.99. The van der Waals surface area contributed by atoms with Crippen molar-refractivity contribution >= 4 is 18.5 Å². The molecule has 1 aromatic heterocycles. The molecule has 0 saturated heterocycles. The number of nitrogens with zero attached hydrogens (tertiary/aromatic N) is 3. The molecule has 1 N–H and O–H groups in total. The van der Waals surface area contributed by atoms with E-state index in [4.69, 9.17) is 0 Å². The molecule has 0 spiro atoms. The average molecular weight is 262 g/mol. The van der Waals surface area contributed by atoms with Gasteiger partial charge in [0, 0.05) is 17.0 Å². The monoisotopic (exact) mass is 262 g/mol. The predicted octanol–water partition coefficient (Wildman–Crippen LogP) is 1.52. The lowest BCUT2D eigenvalue weighted by Crippen LogP contribution is -2.24. The summed E-state index contributed by atoms with van der Waals surface area (Å²) in [7, 11) is 0. The molecule has 6 heteroatoms. The van der Waals surface area contributed by atoms with Gasteiger partial charge in [-0.25, -0.2) is 0 Å². The van der Waals surface area contributed by atoms with Gasteiger partial charge in [-0.05, 0) is 31.2 Å². The summed E-state index contributed by atoms with van der Waals surface area (Å²) in [5, 5.41) is 10.6. The van der Waals surface area contributed by atoms with Crippen LogP contribution in [0, 0.1) is 0 Å². The molecule has 0 radical (unpaired) electrons. The summed E-state index contributed by atoms with van der Waals surface area (Å²) in [4.78, 5) is 12.7. The maximum Gasteiger partial charge on any atom is 0.251 e. The molecule has 18 heavy (non-hydrogen) atoms. The van der Waals surface area contributed by atoms with Crippen LogP contribution < -0.4 is 5.32 Å². The Morgan fingerprint density at radius 3 is 2.78 bits per heavy atom. The molecule has 5 nitrogen and oxygen atoms in total. The molecule has 1 amide bonds. The first-order valence-corrected chi connectivity index (χ1v) is 6.09. The van der Waals surface area contributed by atoms with E-state index in [0.717, 1.165) is 17.3 Å². The summed E-state index contributed by atoms with van der Waals surface area (Å²) in [6, 6.07) is 7.05. The minimum Gasteiger partial charge on any atom is -0.345 e. The maximum absolute atomic E-state index is 11.9.